The van der Waals surface area contributed by atoms with Gasteiger partial charge in [0.25, 0.3) is 5.56 Å². The van der Waals surface area contributed by atoms with Crippen molar-refractivity contribution in [3.63, 3.8) is 0 Å². The number of thiazole rings is 1. The lowest BCUT2D eigenvalue weighted by Crippen LogP contribution is -2.36. The number of benzene rings is 1. The van der Waals surface area contributed by atoms with Crippen LogP contribution in [-0.2, 0) is 18.3 Å². The van der Waals surface area contributed by atoms with E-state index in [1.807, 2.05) is 25.1 Å². The number of rotatable bonds is 6. The van der Waals surface area contributed by atoms with E-state index in [-0.39, 0.29) is 23.3 Å². The van der Waals surface area contributed by atoms with Gasteiger partial charge in [0.1, 0.15) is 5.82 Å². The third-order valence-electron chi connectivity index (χ3n) is 5.79. The summed E-state index contributed by atoms with van der Waals surface area (Å²) < 4.78 is 1.57. The Morgan fingerprint density at radius 2 is 2.03 bits per heavy atom. The highest BCUT2D eigenvalue weighted by atomic mass is 32.1. The van der Waals surface area contributed by atoms with Crippen LogP contribution in [-0.4, -0.2) is 32.9 Å². The molecule has 3 heterocycles. The van der Waals surface area contributed by atoms with Gasteiger partial charge in [0.15, 0.2) is 21.3 Å². The van der Waals surface area contributed by atoms with Crippen LogP contribution in [0, 0.1) is 0 Å². The van der Waals surface area contributed by atoms with Crippen molar-refractivity contribution in [1.29, 1.82) is 0 Å². The molecule has 1 aromatic carbocycles. The Morgan fingerprint density at radius 1 is 1.28 bits per heavy atom. The summed E-state index contributed by atoms with van der Waals surface area (Å²) in [6, 6.07) is 9.99. The summed E-state index contributed by atoms with van der Waals surface area (Å²) in [5, 5.41) is 0.737. The molecule has 0 N–H and O–H groups in total. The second-order valence-electron chi connectivity index (χ2n) is 7.73. The Kier molecular flexibility index (Phi) is 5.50. The SMILES string of the molecule is CCc1nc2sc(N3CCC[C@@H]3C(=O)C[C@H](C)c3ccccc3)nc2c(=O)n1C. The fourth-order valence-corrected chi connectivity index (χ4v) is 5.12. The van der Waals surface area contributed by atoms with Gasteiger partial charge in [-0.2, -0.15) is 0 Å². The maximum Gasteiger partial charge on any atom is 0.280 e. The van der Waals surface area contributed by atoms with Crippen molar-refractivity contribution in [2.75, 3.05) is 11.4 Å². The van der Waals surface area contributed by atoms with Gasteiger partial charge < -0.3 is 4.90 Å². The molecule has 0 saturated carbocycles. The van der Waals surface area contributed by atoms with Crippen molar-refractivity contribution < 1.29 is 4.79 Å². The number of hydrogen-bond acceptors (Lipinski definition) is 6. The molecule has 2 aromatic heterocycles. The minimum Gasteiger partial charge on any atom is -0.338 e. The van der Waals surface area contributed by atoms with E-state index >= 15 is 0 Å². The quantitative estimate of drug-likeness (QED) is 0.620. The first-order chi connectivity index (χ1) is 14.0. The number of aryl methyl sites for hydroxylation is 1. The van der Waals surface area contributed by atoms with Crippen molar-refractivity contribution in [3.05, 3.63) is 52.1 Å². The number of aromatic nitrogens is 3. The van der Waals surface area contributed by atoms with E-state index < -0.39 is 0 Å². The number of anilines is 1. The lowest BCUT2D eigenvalue weighted by molar-refractivity contribution is -0.120. The van der Waals surface area contributed by atoms with E-state index in [2.05, 4.69) is 33.9 Å². The Labute approximate surface area is 174 Å². The van der Waals surface area contributed by atoms with Crippen LogP contribution < -0.4 is 10.5 Å². The molecule has 1 saturated heterocycles. The largest absolute Gasteiger partial charge is 0.338 e. The fraction of sp³-hybridized carbons (Fsp3) is 0.455. The smallest absolute Gasteiger partial charge is 0.280 e. The van der Waals surface area contributed by atoms with Gasteiger partial charge in [0.2, 0.25) is 0 Å². The van der Waals surface area contributed by atoms with Crippen LogP contribution in [0.25, 0.3) is 10.3 Å². The molecule has 0 unspecified atom stereocenters. The monoisotopic (exact) mass is 410 g/mol. The molecule has 1 aliphatic rings. The first kappa shape index (κ1) is 19.8. The highest BCUT2D eigenvalue weighted by Gasteiger charge is 2.33. The van der Waals surface area contributed by atoms with Gasteiger partial charge in [-0.3, -0.25) is 14.2 Å². The molecule has 1 aliphatic heterocycles. The van der Waals surface area contributed by atoms with E-state index in [0.717, 1.165) is 30.3 Å². The number of carbonyl (C=O) groups is 1. The fourth-order valence-electron chi connectivity index (χ4n) is 4.09. The molecule has 0 aliphatic carbocycles. The number of fused-ring (bicyclic) bond motifs is 1. The van der Waals surface area contributed by atoms with Crippen LogP contribution in [0.2, 0.25) is 0 Å². The van der Waals surface area contributed by atoms with E-state index in [1.165, 1.54) is 16.9 Å². The molecule has 3 aromatic rings. The molecule has 6 nitrogen and oxygen atoms in total. The first-order valence-corrected chi connectivity index (χ1v) is 11.0. The van der Waals surface area contributed by atoms with Gasteiger partial charge >= 0.3 is 0 Å². The van der Waals surface area contributed by atoms with Crippen LogP contribution in [0.4, 0.5) is 5.13 Å². The van der Waals surface area contributed by atoms with Crippen LogP contribution in [0.5, 0.6) is 0 Å². The molecule has 0 spiro atoms. The molecular formula is C22H26N4O2S. The average Bonchev–Trinajstić information content (AvgIpc) is 3.38. The summed E-state index contributed by atoms with van der Waals surface area (Å²) in [4.78, 5) is 37.7. The summed E-state index contributed by atoms with van der Waals surface area (Å²) in [6.45, 7) is 4.87. The van der Waals surface area contributed by atoms with E-state index in [9.17, 15) is 9.59 Å². The van der Waals surface area contributed by atoms with Crippen molar-refractivity contribution >= 4 is 32.6 Å². The molecule has 0 amide bonds. The zero-order valence-electron chi connectivity index (χ0n) is 17.1. The molecule has 1 fully saturated rings. The Bertz CT molecular complexity index is 1090. The van der Waals surface area contributed by atoms with Crippen molar-refractivity contribution in [1.82, 2.24) is 14.5 Å². The average molecular weight is 411 g/mol. The second kappa shape index (κ2) is 8.06. The summed E-state index contributed by atoms with van der Waals surface area (Å²) in [5.74, 6) is 1.18. The molecule has 152 valence electrons. The van der Waals surface area contributed by atoms with Gasteiger partial charge in [0, 0.05) is 26.4 Å². The Morgan fingerprint density at radius 3 is 2.76 bits per heavy atom. The molecule has 0 radical (unpaired) electrons. The number of ketones is 1. The zero-order chi connectivity index (χ0) is 20.5. The highest BCUT2D eigenvalue weighted by molar-refractivity contribution is 7.21. The van der Waals surface area contributed by atoms with Crippen LogP contribution >= 0.6 is 11.3 Å². The third kappa shape index (κ3) is 3.71. The summed E-state index contributed by atoms with van der Waals surface area (Å²) in [6.07, 6.45) is 2.99. The number of hydrogen-bond donors (Lipinski definition) is 0. The van der Waals surface area contributed by atoms with Gasteiger partial charge in [-0.05, 0) is 24.3 Å². The molecular weight excluding hydrogens is 384 g/mol. The molecule has 7 heteroatoms. The molecule has 0 bridgehead atoms. The number of nitrogens with zero attached hydrogens (tertiary/aromatic N) is 4. The van der Waals surface area contributed by atoms with Gasteiger partial charge in [-0.25, -0.2) is 9.97 Å². The Hall–Kier alpha value is -2.54. The van der Waals surface area contributed by atoms with Gasteiger partial charge in [-0.15, -0.1) is 0 Å². The van der Waals surface area contributed by atoms with E-state index in [1.54, 1.807) is 11.6 Å². The van der Waals surface area contributed by atoms with Crippen LogP contribution in [0.3, 0.4) is 0 Å². The van der Waals surface area contributed by atoms with Crippen LogP contribution in [0.15, 0.2) is 35.1 Å². The summed E-state index contributed by atoms with van der Waals surface area (Å²) >= 11 is 1.42. The van der Waals surface area contributed by atoms with Gasteiger partial charge in [0.05, 0.1) is 6.04 Å². The van der Waals surface area contributed by atoms with E-state index in [4.69, 9.17) is 0 Å². The van der Waals surface area contributed by atoms with Crippen molar-refractivity contribution in [2.24, 2.45) is 7.05 Å². The first-order valence-electron chi connectivity index (χ1n) is 10.2. The highest BCUT2D eigenvalue weighted by Crippen LogP contribution is 2.33. The van der Waals surface area contributed by atoms with E-state index in [0.29, 0.717) is 23.2 Å². The third-order valence-corrected chi connectivity index (χ3v) is 6.77. The number of carbonyl (C=O) groups excluding carboxylic acids is 1. The maximum atomic E-state index is 13.1. The topological polar surface area (TPSA) is 68.1 Å². The second-order valence-corrected chi connectivity index (χ2v) is 8.69. The zero-order valence-corrected chi connectivity index (χ0v) is 17.9. The Balaban J connectivity index is 1.59. The lowest BCUT2D eigenvalue weighted by atomic mass is 9.93. The maximum absolute atomic E-state index is 13.1. The predicted octanol–water partition coefficient (Wildman–Crippen LogP) is 3.68. The lowest BCUT2D eigenvalue weighted by Gasteiger charge is -2.24. The molecule has 4 rings (SSSR count). The predicted molar refractivity (Wildman–Crippen MR) is 117 cm³/mol. The van der Waals surface area contributed by atoms with Crippen molar-refractivity contribution in [2.45, 2.75) is 51.5 Å². The van der Waals surface area contributed by atoms with Gasteiger partial charge in [-0.1, -0.05) is 55.5 Å². The minimum absolute atomic E-state index is 0.117. The number of Topliss-reactive ketones (excluding diaryl/α,β-unsaturated/α-hetero) is 1. The summed E-state index contributed by atoms with van der Waals surface area (Å²) in [5.41, 5.74) is 1.47. The standard InChI is InChI=1S/C22H26N4O2S/c1-4-18-23-20-19(21(28)25(18)3)24-22(29-20)26-12-8-11-16(26)17(27)13-14(2)15-9-6-5-7-10-15/h5-7,9-10,14,16H,4,8,11-13H2,1-3H3/t14-,16+/m0/s1. The summed E-state index contributed by atoms with van der Waals surface area (Å²) in [7, 11) is 1.74. The van der Waals surface area contributed by atoms with Crippen molar-refractivity contribution in [3.8, 4) is 0 Å². The molecule has 2 atom stereocenters. The minimum atomic E-state index is -0.170. The normalized spacial score (nSPS) is 17.8. The molecule has 29 heavy (non-hydrogen) atoms. The van der Waals surface area contributed by atoms with Crippen LogP contribution in [0.1, 0.15) is 50.4 Å².